The molecule has 0 saturated carbocycles. The average molecular weight is 242 g/mol. The highest BCUT2D eigenvalue weighted by atomic mass is 28.3. The topological polar surface area (TPSA) is 49.1 Å². The number of rotatable bonds is 5. The second-order valence-corrected chi connectivity index (χ2v) is 14.5. The lowest BCUT2D eigenvalue weighted by molar-refractivity contribution is 1.43. The molecule has 0 aliphatic rings. The van der Waals surface area contributed by atoms with Crippen LogP contribution < -0.4 is 5.32 Å². The van der Waals surface area contributed by atoms with E-state index in [1.54, 1.807) is 19.0 Å². The van der Waals surface area contributed by atoms with Crippen LogP contribution >= 0.6 is 0 Å². The molecule has 0 aromatic heterocycles. The predicted octanol–water partition coefficient (Wildman–Crippen LogP) is 2.33. The summed E-state index contributed by atoms with van der Waals surface area (Å²) in [6.07, 6.45) is 4.92. The van der Waals surface area contributed by atoms with Gasteiger partial charge in [-0.1, -0.05) is 0 Å². The maximum atomic E-state index is 4.38. The number of nitrogens with one attached hydrogen (secondary N) is 1. The SMILES string of the molecule is C[Si](C)(C)/N=C/N=CN/C=N/[Si](C)(C)C. The molecule has 0 saturated heterocycles. The molecule has 0 aliphatic heterocycles. The number of hydrogen-bond acceptors (Lipinski definition) is 2. The molecule has 0 spiro atoms. The van der Waals surface area contributed by atoms with Crippen LogP contribution in [0.5, 0.6) is 0 Å². The average Bonchev–Trinajstić information content (AvgIpc) is 1.98. The van der Waals surface area contributed by atoms with Gasteiger partial charge in [-0.15, -0.1) is 0 Å². The smallest absolute Gasteiger partial charge is 0.174 e. The van der Waals surface area contributed by atoms with E-state index in [-0.39, 0.29) is 0 Å². The Morgan fingerprint density at radius 2 is 1.33 bits per heavy atom. The molecule has 4 nitrogen and oxygen atoms in total. The summed E-state index contributed by atoms with van der Waals surface area (Å²) in [7, 11) is -2.69. The molecule has 0 rings (SSSR count). The summed E-state index contributed by atoms with van der Waals surface area (Å²) in [4.78, 5) is 4.01. The molecule has 6 heteroatoms. The highest BCUT2D eigenvalue weighted by Gasteiger charge is 2.09. The zero-order valence-electron chi connectivity index (χ0n) is 10.6. The minimum atomic E-state index is -1.35. The van der Waals surface area contributed by atoms with Crippen molar-refractivity contribution in [2.45, 2.75) is 39.3 Å². The maximum Gasteiger partial charge on any atom is 0.174 e. The quantitative estimate of drug-likeness (QED) is 0.449. The third-order valence-electron chi connectivity index (χ3n) is 1.19. The summed E-state index contributed by atoms with van der Waals surface area (Å²) in [6, 6.07) is 0. The Morgan fingerprint density at radius 3 is 1.80 bits per heavy atom. The van der Waals surface area contributed by atoms with Crippen molar-refractivity contribution in [3.63, 3.8) is 0 Å². The summed E-state index contributed by atoms with van der Waals surface area (Å²) >= 11 is 0. The molecule has 15 heavy (non-hydrogen) atoms. The number of hydrogen-bond donors (Lipinski definition) is 1. The van der Waals surface area contributed by atoms with Gasteiger partial charge in [0.2, 0.25) is 0 Å². The standard InChI is InChI=1S/C9H22N4Si2/c1-14(2,3)12-8-10-7-11-9-13-15(4,5)6/h7-9H,1-6H3,(H,10,11,12,13). The number of nitrogens with zero attached hydrogens (tertiary/aromatic N) is 3. The van der Waals surface area contributed by atoms with Gasteiger partial charge in [0.1, 0.15) is 6.34 Å². The second kappa shape index (κ2) is 5.97. The third kappa shape index (κ3) is 13.2. The van der Waals surface area contributed by atoms with Crippen molar-refractivity contribution in [2.75, 3.05) is 0 Å². The molecule has 0 aliphatic carbocycles. The van der Waals surface area contributed by atoms with Gasteiger partial charge in [-0.2, -0.15) is 0 Å². The van der Waals surface area contributed by atoms with Crippen molar-refractivity contribution in [1.82, 2.24) is 5.32 Å². The highest BCUT2D eigenvalue weighted by molar-refractivity contribution is 6.75. The van der Waals surface area contributed by atoms with Crippen molar-refractivity contribution < 1.29 is 0 Å². The van der Waals surface area contributed by atoms with E-state index in [1.807, 2.05) is 0 Å². The van der Waals surface area contributed by atoms with E-state index in [1.165, 1.54) is 0 Å². The zero-order valence-corrected chi connectivity index (χ0v) is 12.6. The van der Waals surface area contributed by atoms with Gasteiger partial charge in [0.25, 0.3) is 0 Å². The normalized spacial score (nSPS) is 14.5. The fraction of sp³-hybridized carbons (Fsp3) is 0.667. The zero-order chi connectivity index (χ0) is 11.9. The molecule has 0 unspecified atom stereocenters. The maximum absolute atomic E-state index is 4.38. The summed E-state index contributed by atoms with van der Waals surface area (Å²) < 4.78 is 8.72. The summed E-state index contributed by atoms with van der Waals surface area (Å²) in [6.45, 7) is 13.0. The van der Waals surface area contributed by atoms with Crippen LogP contribution in [0.1, 0.15) is 0 Å². The molecule has 0 amide bonds. The highest BCUT2D eigenvalue weighted by Crippen LogP contribution is 1.99. The van der Waals surface area contributed by atoms with Crippen molar-refractivity contribution in [3.05, 3.63) is 0 Å². The van der Waals surface area contributed by atoms with Gasteiger partial charge in [0.15, 0.2) is 16.5 Å². The van der Waals surface area contributed by atoms with Crippen molar-refractivity contribution in [2.24, 2.45) is 14.3 Å². The Kier molecular flexibility index (Phi) is 5.66. The van der Waals surface area contributed by atoms with E-state index in [0.717, 1.165) is 0 Å². The molecule has 0 atom stereocenters. The molecule has 0 heterocycles. The summed E-state index contributed by atoms with van der Waals surface area (Å²) in [5.74, 6) is 0. The fourth-order valence-corrected chi connectivity index (χ4v) is 1.42. The molecule has 1 N–H and O–H groups in total. The van der Waals surface area contributed by atoms with Crippen LogP contribution in [-0.4, -0.2) is 35.5 Å². The first kappa shape index (κ1) is 14.2. The predicted molar refractivity (Wildman–Crippen MR) is 75.3 cm³/mol. The molecule has 0 aromatic rings. The van der Waals surface area contributed by atoms with Crippen LogP contribution in [0.2, 0.25) is 39.3 Å². The van der Waals surface area contributed by atoms with E-state index in [2.05, 4.69) is 58.9 Å². The molecular formula is C9H22N4Si2. The molecule has 0 fully saturated rings. The monoisotopic (exact) mass is 242 g/mol. The number of aliphatic imine (C=N–C) groups is 1. The lowest BCUT2D eigenvalue weighted by atomic mass is 11.1. The second-order valence-electron chi connectivity index (χ2n) is 5.29. The summed E-state index contributed by atoms with van der Waals surface area (Å²) in [5, 5.41) is 2.90. The van der Waals surface area contributed by atoms with Crippen LogP contribution in [0.15, 0.2) is 14.3 Å². The van der Waals surface area contributed by atoms with E-state index in [9.17, 15) is 0 Å². The van der Waals surface area contributed by atoms with Crippen molar-refractivity contribution >= 4 is 35.5 Å². The Morgan fingerprint density at radius 1 is 0.800 bits per heavy atom. The molecule has 0 aromatic carbocycles. The minimum Gasteiger partial charge on any atom is -0.338 e. The van der Waals surface area contributed by atoms with Crippen LogP contribution in [0.4, 0.5) is 0 Å². The van der Waals surface area contributed by atoms with E-state index >= 15 is 0 Å². The largest absolute Gasteiger partial charge is 0.338 e. The fourth-order valence-electron chi connectivity index (χ4n) is 0.547. The van der Waals surface area contributed by atoms with Gasteiger partial charge < -0.3 is 14.6 Å². The molecular weight excluding hydrogens is 220 g/mol. The van der Waals surface area contributed by atoms with Gasteiger partial charge in [-0.3, -0.25) is 0 Å². The van der Waals surface area contributed by atoms with E-state index in [0.29, 0.717) is 0 Å². The van der Waals surface area contributed by atoms with Gasteiger partial charge in [-0.25, -0.2) is 4.99 Å². The first-order chi connectivity index (χ1) is 6.71. The van der Waals surface area contributed by atoms with Gasteiger partial charge in [-0.05, 0) is 39.3 Å². The Bertz CT molecular complexity index is 258. The Hall–Kier alpha value is -0.756. The first-order valence-corrected chi connectivity index (χ1v) is 12.0. The minimum absolute atomic E-state index is 1.34. The molecule has 0 radical (unpaired) electrons. The van der Waals surface area contributed by atoms with E-state index < -0.39 is 16.5 Å². The Labute approximate surface area is 94.8 Å². The van der Waals surface area contributed by atoms with Gasteiger partial charge in [0, 0.05) is 0 Å². The van der Waals surface area contributed by atoms with Gasteiger partial charge in [0.05, 0.1) is 12.7 Å². The molecule has 86 valence electrons. The van der Waals surface area contributed by atoms with Crippen LogP contribution in [0.3, 0.4) is 0 Å². The lowest BCUT2D eigenvalue weighted by Crippen LogP contribution is -2.20. The lowest BCUT2D eigenvalue weighted by Gasteiger charge is -2.06. The third-order valence-corrected chi connectivity index (χ3v) is 2.98. The Balaban J connectivity index is 3.84. The van der Waals surface area contributed by atoms with Crippen molar-refractivity contribution in [1.29, 1.82) is 0 Å². The van der Waals surface area contributed by atoms with Crippen LogP contribution in [0, 0.1) is 0 Å². The summed E-state index contributed by atoms with van der Waals surface area (Å²) in [5.41, 5.74) is 0. The van der Waals surface area contributed by atoms with Crippen molar-refractivity contribution in [3.8, 4) is 0 Å². The van der Waals surface area contributed by atoms with Crippen LogP contribution in [-0.2, 0) is 0 Å². The first-order valence-electron chi connectivity index (χ1n) is 5.06. The van der Waals surface area contributed by atoms with Gasteiger partial charge >= 0.3 is 0 Å². The molecule has 0 bridgehead atoms. The van der Waals surface area contributed by atoms with Crippen LogP contribution in [0.25, 0.3) is 0 Å². The van der Waals surface area contributed by atoms with E-state index in [4.69, 9.17) is 0 Å².